The summed E-state index contributed by atoms with van der Waals surface area (Å²) in [6.45, 7) is 0. The first kappa shape index (κ1) is 9.82. The van der Waals surface area contributed by atoms with Gasteiger partial charge in [0.25, 0.3) is 0 Å². The second-order valence-corrected chi connectivity index (χ2v) is 4.70. The fourth-order valence-electron chi connectivity index (χ4n) is 2.62. The third-order valence-electron chi connectivity index (χ3n) is 3.54. The zero-order valence-corrected chi connectivity index (χ0v) is 9.45. The van der Waals surface area contributed by atoms with Gasteiger partial charge in [-0.05, 0) is 18.9 Å². The minimum Gasteiger partial charge on any atom is -0.340 e. The average molecular weight is 215 g/mol. The van der Waals surface area contributed by atoms with Crippen molar-refractivity contribution in [3.05, 3.63) is 24.3 Å². The lowest BCUT2D eigenvalue weighted by molar-refractivity contribution is 0.567. The molecule has 0 bridgehead atoms. The predicted octanol–water partition coefficient (Wildman–Crippen LogP) is 3.40. The minimum absolute atomic E-state index is 0.634. The highest BCUT2D eigenvalue weighted by Crippen LogP contribution is 2.30. The number of hydrogen-bond donors (Lipinski definition) is 1. The highest BCUT2D eigenvalue weighted by Gasteiger charge is 2.17. The molecule has 2 aromatic rings. The van der Waals surface area contributed by atoms with Crippen LogP contribution in [-0.4, -0.2) is 15.0 Å². The summed E-state index contributed by atoms with van der Waals surface area (Å²) in [7, 11) is 0. The molecule has 3 nitrogen and oxygen atoms in total. The molecule has 0 saturated heterocycles. The molecule has 0 amide bonds. The van der Waals surface area contributed by atoms with Crippen molar-refractivity contribution < 1.29 is 0 Å². The molecular weight excluding hydrogens is 198 g/mol. The summed E-state index contributed by atoms with van der Waals surface area (Å²) < 4.78 is 0. The van der Waals surface area contributed by atoms with E-state index in [2.05, 4.69) is 15.0 Å². The molecule has 16 heavy (non-hydrogen) atoms. The lowest BCUT2D eigenvalue weighted by Gasteiger charge is -2.09. The monoisotopic (exact) mass is 215 g/mol. The van der Waals surface area contributed by atoms with Gasteiger partial charge >= 0.3 is 0 Å². The van der Waals surface area contributed by atoms with Crippen LogP contribution in [0.4, 0.5) is 0 Å². The predicted molar refractivity (Wildman–Crippen MR) is 64.3 cm³/mol. The molecule has 1 saturated carbocycles. The summed E-state index contributed by atoms with van der Waals surface area (Å²) in [4.78, 5) is 12.2. The zero-order chi connectivity index (χ0) is 10.8. The van der Waals surface area contributed by atoms with Gasteiger partial charge in [-0.15, -0.1) is 0 Å². The van der Waals surface area contributed by atoms with Crippen molar-refractivity contribution in [2.45, 2.75) is 44.4 Å². The summed E-state index contributed by atoms with van der Waals surface area (Å²) >= 11 is 0. The number of rotatable bonds is 1. The van der Waals surface area contributed by atoms with E-state index in [-0.39, 0.29) is 0 Å². The van der Waals surface area contributed by atoms with Crippen LogP contribution in [0.2, 0.25) is 0 Å². The SMILES string of the molecule is c1cc2nc(C3CCCCCC3)[nH]c2cn1. The van der Waals surface area contributed by atoms with Gasteiger partial charge in [-0.25, -0.2) is 4.98 Å². The van der Waals surface area contributed by atoms with Gasteiger partial charge < -0.3 is 4.98 Å². The fourth-order valence-corrected chi connectivity index (χ4v) is 2.62. The molecule has 0 aromatic carbocycles. The van der Waals surface area contributed by atoms with Crippen molar-refractivity contribution in [2.75, 3.05) is 0 Å². The second-order valence-electron chi connectivity index (χ2n) is 4.70. The van der Waals surface area contributed by atoms with Gasteiger partial charge in [0.15, 0.2) is 0 Å². The second kappa shape index (κ2) is 4.24. The van der Waals surface area contributed by atoms with Crippen molar-refractivity contribution in [2.24, 2.45) is 0 Å². The van der Waals surface area contributed by atoms with Crippen LogP contribution in [0, 0.1) is 0 Å². The molecule has 1 N–H and O–H groups in total. The number of H-pyrrole nitrogens is 1. The van der Waals surface area contributed by atoms with Gasteiger partial charge in [-0.3, -0.25) is 4.98 Å². The van der Waals surface area contributed by atoms with Gasteiger partial charge in [0.05, 0.1) is 17.2 Å². The van der Waals surface area contributed by atoms with Crippen molar-refractivity contribution in [1.29, 1.82) is 0 Å². The number of imidazole rings is 1. The van der Waals surface area contributed by atoms with Crippen LogP contribution in [-0.2, 0) is 0 Å². The number of pyridine rings is 1. The number of fused-ring (bicyclic) bond motifs is 1. The Bertz CT molecular complexity index is 434. The number of nitrogens with one attached hydrogen (secondary N) is 1. The number of aromatic amines is 1. The van der Waals surface area contributed by atoms with E-state index in [1.807, 2.05) is 12.3 Å². The Labute approximate surface area is 95.3 Å². The Morgan fingerprint density at radius 3 is 2.69 bits per heavy atom. The van der Waals surface area contributed by atoms with Crippen LogP contribution in [0.5, 0.6) is 0 Å². The van der Waals surface area contributed by atoms with E-state index in [1.54, 1.807) is 6.20 Å². The van der Waals surface area contributed by atoms with Gasteiger partial charge in [0, 0.05) is 12.1 Å². The minimum atomic E-state index is 0.634. The summed E-state index contributed by atoms with van der Waals surface area (Å²) in [5.74, 6) is 1.81. The van der Waals surface area contributed by atoms with Crippen molar-refractivity contribution in [3.63, 3.8) is 0 Å². The number of hydrogen-bond acceptors (Lipinski definition) is 2. The Morgan fingerprint density at radius 1 is 1.12 bits per heavy atom. The molecular formula is C13H17N3. The van der Waals surface area contributed by atoms with Crippen molar-refractivity contribution in [3.8, 4) is 0 Å². The van der Waals surface area contributed by atoms with Gasteiger partial charge in [0.1, 0.15) is 5.82 Å². The van der Waals surface area contributed by atoms with E-state index in [1.165, 1.54) is 44.3 Å². The molecule has 0 radical (unpaired) electrons. The quantitative estimate of drug-likeness (QED) is 0.741. The Morgan fingerprint density at radius 2 is 1.94 bits per heavy atom. The van der Waals surface area contributed by atoms with E-state index in [0.717, 1.165) is 11.0 Å². The Balaban J connectivity index is 1.92. The first-order valence-electron chi connectivity index (χ1n) is 6.23. The summed E-state index contributed by atoms with van der Waals surface area (Å²) in [5, 5.41) is 0. The van der Waals surface area contributed by atoms with Crippen LogP contribution in [0.1, 0.15) is 50.3 Å². The van der Waals surface area contributed by atoms with Gasteiger partial charge in [-0.1, -0.05) is 25.7 Å². The standard InChI is InChI=1S/C13H17N3/c1-2-4-6-10(5-3-1)13-15-11-7-8-14-9-12(11)16-13/h7-10H,1-6H2,(H,15,16). The number of aromatic nitrogens is 3. The van der Waals surface area contributed by atoms with Crippen LogP contribution in [0.15, 0.2) is 18.5 Å². The average Bonchev–Trinajstić information content (AvgIpc) is 2.56. The highest BCUT2D eigenvalue weighted by atomic mass is 14.9. The van der Waals surface area contributed by atoms with Crippen molar-refractivity contribution in [1.82, 2.24) is 15.0 Å². The maximum Gasteiger partial charge on any atom is 0.110 e. The van der Waals surface area contributed by atoms with Gasteiger partial charge in [0.2, 0.25) is 0 Å². The molecule has 2 aromatic heterocycles. The zero-order valence-electron chi connectivity index (χ0n) is 9.45. The van der Waals surface area contributed by atoms with E-state index in [4.69, 9.17) is 0 Å². The normalized spacial score (nSPS) is 18.8. The molecule has 1 aliphatic rings. The van der Waals surface area contributed by atoms with E-state index in [9.17, 15) is 0 Å². The Kier molecular flexibility index (Phi) is 2.60. The molecule has 0 unspecified atom stereocenters. The largest absolute Gasteiger partial charge is 0.340 e. The first-order chi connectivity index (χ1) is 7.93. The third kappa shape index (κ3) is 1.82. The molecule has 0 atom stereocenters. The number of nitrogens with zero attached hydrogens (tertiary/aromatic N) is 2. The fraction of sp³-hybridized carbons (Fsp3) is 0.538. The van der Waals surface area contributed by atoms with Gasteiger partial charge in [-0.2, -0.15) is 0 Å². The van der Waals surface area contributed by atoms with Crippen LogP contribution < -0.4 is 0 Å². The van der Waals surface area contributed by atoms with E-state index >= 15 is 0 Å². The molecule has 84 valence electrons. The Hall–Kier alpha value is -1.38. The molecule has 3 heteroatoms. The maximum absolute atomic E-state index is 4.68. The van der Waals surface area contributed by atoms with E-state index in [0.29, 0.717) is 5.92 Å². The van der Waals surface area contributed by atoms with Crippen LogP contribution in [0.3, 0.4) is 0 Å². The smallest absolute Gasteiger partial charge is 0.110 e. The molecule has 0 aliphatic heterocycles. The van der Waals surface area contributed by atoms with Crippen molar-refractivity contribution >= 4 is 11.0 Å². The summed E-state index contributed by atoms with van der Waals surface area (Å²) in [6.07, 6.45) is 11.7. The highest BCUT2D eigenvalue weighted by molar-refractivity contribution is 5.73. The molecule has 0 spiro atoms. The molecule has 3 rings (SSSR count). The lowest BCUT2D eigenvalue weighted by atomic mass is 10.00. The summed E-state index contributed by atoms with van der Waals surface area (Å²) in [5.41, 5.74) is 2.12. The lowest BCUT2D eigenvalue weighted by Crippen LogP contribution is -1.99. The van der Waals surface area contributed by atoms with E-state index < -0.39 is 0 Å². The molecule has 1 aliphatic carbocycles. The first-order valence-corrected chi connectivity index (χ1v) is 6.23. The third-order valence-corrected chi connectivity index (χ3v) is 3.54. The maximum atomic E-state index is 4.68. The molecule has 1 fully saturated rings. The van der Waals surface area contributed by atoms with Crippen LogP contribution >= 0.6 is 0 Å². The summed E-state index contributed by atoms with van der Waals surface area (Å²) in [6, 6.07) is 1.98. The topological polar surface area (TPSA) is 41.6 Å². The van der Waals surface area contributed by atoms with Crippen LogP contribution in [0.25, 0.3) is 11.0 Å². The molecule has 2 heterocycles.